The molecular formula is C16H22N2O2. The summed E-state index contributed by atoms with van der Waals surface area (Å²) in [6.07, 6.45) is 2.64. The summed E-state index contributed by atoms with van der Waals surface area (Å²) in [4.78, 5) is 25.6. The lowest BCUT2D eigenvalue weighted by atomic mass is 10.1. The average Bonchev–Trinajstić information content (AvgIpc) is 2.45. The van der Waals surface area contributed by atoms with Crippen molar-refractivity contribution in [3.8, 4) is 0 Å². The van der Waals surface area contributed by atoms with Gasteiger partial charge < -0.3 is 10.2 Å². The van der Waals surface area contributed by atoms with E-state index in [1.807, 2.05) is 12.1 Å². The third-order valence-electron chi connectivity index (χ3n) is 3.44. The zero-order valence-corrected chi connectivity index (χ0v) is 12.2. The van der Waals surface area contributed by atoms with Crippen LogP contribution in [0, 0.1) is 5.92 Å². The fraction of sp³-hybridized carbons (Fsp3) is 0.500. The Morgan fingerprint density at radius 2 is 1.95 bits per heavy atom. The van der Waals surface area contributed by atoms with Gasteiger partial charge in [0.1, 0.15) is 0 Å². The number of benzene rings is 1. The van der Waals surface area contributed by atoms with Gasteiger partial charge in [0.05, 0.1) is 0 Å². The lowest BCUT2D eigenvalue weighted by molar-refractivity contribution is -0.119. The maximum atomic E-state index is 11.9. The van der Waals surface area contributed by atoms with Crippen LogP contribution >= 0.6 is 0 Å². The highest BCUT2D eigenvalue weighted by atomic mass is 16.2. The largest absolute Gasteiger partial charge is 0.352 e. The second kappa shape index (κ2) is 6.55. The van der Waals surface area contributed by atoms with Gasteiger partial charge >= 0.3 is 0 Å². The quantitative estimate of drug-likeness (QED) is 0.917. The molecule has 2 rings (SSSR count). The molecule has 20 heavy (non-hydrogen) atoms. The smallest absolute Gasteiger partial charge is 0.251 e. The van der Waals surface area contributed by atoms with E-state index in [4.69, 9.17) is 0 Å². The number of hydrogen-bond acceptors (Lipinski definition) is 2. The van der Waals surface area contributed by atoms with Crippen molar-refractivity contribution in [3.63, 3.8) is 0 Å². The topological polar surface area (TPSA) is 49.4 Å². The summed E-state index contributed by atoms with van der Waals surface area (Å²) >= 11 is 0. The Labute approximate surface area is 120 Å². The number of hydrogen-bond donors (Lipinski definition) is 1. The molecule has 0 saturated carbocycles. The molecule has 0 atom stereocenters. The molecule has 1 aliphatic rings. The molecule has 1 aliphatic heterocycles. The van der Waals surface area contributed by atoms with Crippen molar-refractivity contribution in [2.45, 2.75) is 33.1 Å². The van der Waals surface area contributed by atoms with Gasteiger partial charge in [-0.3, -0.25) is 9.59 Å². The van der Waals surface area contributed by atoms with E-state index in [-0.39, 0.29) is 11.8 Å². The number of carbonyl (C=O) groups excluding carboxylic acids is 2. The number of piperidine rings is 1. The number of amides is 2. The molecule has 4 heteroatoms. The Morgan fingerprint density at radius 3 is 2.55 bits per heavy atom. The third-order valence-corrected chi connectivity index (χ3v) is 3.44. The molecule has 1 saturated heterocycles. The predicted molar refractivity (Wildman–Crippen MR) is 79.8 cm³/mol. The summed E-state index contributed by atoms with van der Waals surface area (Å²) < 4.78 is 0. The summed E-state index contributed by atoms with van der Waals surface area (Å²) in [6, 6.07) is 7.28. The minimum absolute atomic E-state index is 0.0600. The van der Waals surface area contributed by atoms with Crippen molar-refractivity contribution in [2.75, 3.05) is 18.0 Å². The number of nitrogens with zero attached hydrogens (tertiary/aromatic N) is 1. The van der Waals surface area contributed by atoms with E-state index in [2.05, 4.69) is 19.2 Å². The standard InChI is InChI=1S/C16H22N2O2/c1-12(2)11-17-16(20)13-6-8-14(9-7-13)18-10-4-3-5-15(18)19/h6-9,12H,3-5,10-11H2,1-2H3,(H,17,20). The summed E-state index contributed by atoms with van der Waals surface area (Å²) in [5.41, 5.74) is 1.52. The first-order chi connectivity index (χ1) is 9.58. The van der Waals surface area contributed by atoms with Crippen LogP contribution in [0.25, 0.3) is 0 Å². The van der Waals surface area contributed by atoms with Crippen LogP contribution in [0.5, 0.6) is 0 Å². The highest BCUT2D eigenvalue weighted by Crippen LogP contribution is 2.21. The number of rotatable bonds is 4. The van der Waals surface area contributed by atoms with Crippen molar-refractivity contribution < 1.29 is 9.59 Å². The first kappa shape index (κ1) is 14.6. The zero-order chi connectivity index (χ0) is 14.5. The summed E-state index contributed by atoms with van der Waals surface area (Å²) in [5, 5.41) is 2.89. The van der Waals surface area contributed by atoms with Crippen LogP contribution in [0.2, 0.25) is 0 Å². The van der Waals surface area contributed by atoms with Gasteiger partial charge in [-0.05, 0) is 43.0 Å². The van der Waals surface area contributed by atoms with Crippen LogP contribution < -0.4 is 10.2 Å². The molecule has 4 nitrogen and oxygen atoms in total. The molecule has 1 aromatic rings. The maximum Gasteiger partial charge on any atom is 0.251 e. The van der Waals surface area contributed by atoms with Crippen LogP contribution in [-0.4, -0.2) is 24.9 Å². The summed E-state index contributed by atoms with van der Waals surface area (Å²) in [6.45, 7) is 5.57. The molecule has 1 aromatic carbocycles. The lowest BCUT2D eigenvalue weighted by Crippen LogP contribution is -2.35. The Bertz CT molecular complexity index is 480. The lowest BCUT2D eigenvalue weighted by Gasteiger charge is -2.26. The Kier molecular flexibility index (Phi) is 4.77. The highest BCUT2D eigenvalue weighted by molar-refractivity contribution is 5.96. The molecule has 1 fully saturated rings. The van der Waals surface area contributed by atoms with Crippen molar-refractivity contribution in [3.05, 3.63) is 29.8 Å². The Hall–Kier alpha value is -1.84. The molecule has 0 aliphatic carbocycles. The van der Waals surface area contributed by atoms with Crippen molar-refractivity contribution in [1.29, 1.82) is 0 Å². The predicted octanol–water partition coefficient (Wildman–Crippen LogP) is 2.59. The van der Waals surface area contributed by atoms with E-state index in [0.29, 0.717) is 24.4 Å². The average molecular weight is 274 g/mol. The molecule has 108 valence electrons. The fourth-order valence-electron chi connectivity index (χ4n) is 2.27. The molecule has 0 aromatic heterocycles. The molecule has 1 N–H and O–H groups in total. The van der Waals surface area contributed by atoms with E-state index in [9.17, 15) is 9.59 Å². The molecular weight excluding hydrogens is 252 g/mol. The van der Waals surface area contributed by atoms with E-state index in [1.165, 1.54) is 0 Å². The monoisotopic (exact) mass is 274 g/mol. The normalized spacial score (nSPS) is 15.6. The molecule has 0 radical (unpaired) electrons. The summed E-state index contributed by atoms with van der Waals surface area (Å²) in [5.74, 6) is 0.549. The van der Waals surface area contributed by atoms with Gasteiger partial charge in [0.2, 0.25) is 5.91 Å². The van der Waals surface area contributed by atoms with Crippen LogP contribution in [0.15, 0.2) is 24.3 Å². The van der Waals surface area contributed by atoms with Crippen LogP contribution in [0.1, 0.15) is 43.5 Å². The molecule has 0 unspecified atom stereocenters. The number of anilines is 1. The second-order valence-electron chi connectivity index (χ2n) is 5.65. The van der Waals surface area contributed by atoms with Crippen LogP contribution in [0.3, 0.4) is 0 Å². The van der Waals surface area contributed by atoms with E-state index in [1.54, 1.807) is 17.0 Å². The first-order valence-electron chi connectivity index (χ1n) is 7.26. The zero-order valence-electron chi connectivity index (χ0n) is 12.2. The Morgan fingerprint density at radius 1 is 1.25 bits per heavy atom. The van der Waals surface area contributed by atoms with Gasteiger partial charge in [0.25, 0.3) is 5.91 Å². The van der Waals surface area contributed by atoms with Gasteiger partial charge in [0, 0.05) is 30.8 Å². The molecule has 0 bridgehead atoms. The van der Waals surface area contributed by atoms with E-state index < -0.39 is 0 Å². The highest BCUT2D eigenvalue weighted by Gasteiger charge is 2.19. The van der Waals surface area contributed by atoms with Crippen LogP contribution in [-0.2, 0) is 4.79 Å². The summed E-state index contributed by atoms with van der Waals surface area (Å²) in [7, 11) is 0. The fourth-order valence-corrected chi connectivity index (χ4v) is 2.27. The molecule has 2 amide bonds. The van der Waals surface area contributed by atoms with Crippen LogP contribution in [0.4, 0.5) is 5.69 Å². The van der Waals surface area contributed by atoms with Gasteiger partial charge in [-0.25, -0.2) is 0 Å². The number of nitrogens with one attached hydrogen (secondary N) is 1. The van der Waals surface area contributed by atoms with Crippen molar-refractivity contribution >= 4 is 17.5 Å². The SMILES string of the molecule is CC(C)CNC(=O)c1ccc(N2CCCCC2=O)cc1. The van der Waals surface area contributed by atoms with E-state index in [0.717, 1.165) is 25.1 Å². The third kappa shape index (κ3) is 3.59. The minimum atomic E-state index is -0.0600. The Balaban J connectivity index is 2.02. The maximum absolute atomic E-state index is 11.9. The van der Waals surface area contributed by atoms with E-state index >= 15 is 0 Å². The van der Waals surface area contributed by atoms with Crippen molar-refractivity contribution in [1.82, 2.24) is 5.32 Å². The van der Waals surface area contributed by atoms with Gasteiger partial charge in [-0.15, -0.1) is 0 Å². The second-order valence-corrected chi connectivity index (χ2v) is 5.65. The molecule has 1 heterocycles. The first-order valence-corrected chi connectivity index (χ1v) is 7.26. The molecule has 0 spiro atoms. The minimum Gasteiger partial charge on any atom is -0.352 e. The van der Waals surface area contributed by atoms with Gasteiger partial charge in [-0.2, -0.15) is 0 Å². The van der Waals surface area contributed by atoms with Gasteiger partial charge in [0.15, 0.2) is 0 Å². The van der Waals surface area contributed by atoms with Gasteiger partial charge in [-0.1, -0.05) is 13.8 Å². The van der Waals surface area contributed by atoms with Crippen molar-refractivity contribution in [2.24, 2.45) is 5.92 Å². The number of carbonyl (C=O) groups is 2.